The summed E-state index contributed by atoms with van der Waals surface area (Å²) in [7, 11) is 0. The number of hydrogen-bond acceptors (Lipinski definition) is 8. The molecule has 0 heterocycles. The van der Waals surface area contributed by atoms with Gasteiger partial charge in [0.1, 0.15) is 13.2 Å². The van der Waals surface area contributed by atoms with Gasteiger partial charge in [-0.05, 0) is 76.0 Å². The van der Waals surface area contributed by atoms with Gasteiger partial charge in [0.25, 0.3) is 0 Å². The van der Waals surface area contributed by atoms with Crippen molar-refractivity contribution in [1.82, 2.24) is 10.6 Å². The minimum absolute atomic E-state index is 0.0693. The highest BCUT2D eigenvalue weighted by Crippen LogP contribution is 2.62. The van der Waals surface area contributed by atoms with Gasteiger partial charge in [0, 0.05) is 22.0 Å². The minimum Gasteiger partial charge on any atom is -0.460 e. The van der Waals surface area contributed by atoms with Crippen LogP contribution in [-0.4, -0.2) is 63.6 Å². The van der Waals surface area contributed by atoms with Crippen molar-refractivity contribution in [3.63, 3.8) is 0 Å². The van der Waals surface area contributed by atoms with E-state index in [1.807, 2.05) is 0 Å². The van der Waals surface area contributed by atoms with E-state index in [0.717, 1.165) is 32.1 Å². The summed E-state index contributed by atoms with van der Waals surface area (Å²) in [5, 5.41) is 5.28. The Morgan fingerprint density at radius 3 is 1.70 bits per heavy atom. The lowest BCUT2D eigenvalue weighted by molar-refractivity contribution is -0.139. The van der Waals surface area contributed by atoms with Gasteiger partial charge in [-0.15, -0.1) is 0 Å². The van der Waals surface area contributed by atoms with Gasteiger partial charge in [0.15, 0.2) is 0 Å². The van der Waals surface area contributed by atoms with E-state index in [0.29, 0.717) is 48.0 Å². The van der Waals surface area contributed by atoms with E-state index in [1.54, 1.807) is 13.8 Å². The zero-order valence-electron chi connectivity index (χ0n) is 24.5. The molecule has 0 radical (unpaired) electrons. The normalized spacial score (nSPS) is 30.3. The van der Waals surface area contributed by atoms with Gasteiger partial charge in [0.2, 0.25) is 0 Å². The number of carbonyl (C=O) groups excluding carboxylic acids is 4. The number of fused-ring (bicyclic) bond motifs is 5. The first-order chi connectivity index (χ1) is 18.8. The lowest BCUT2D eigenvalue weighted by atomic mass is 9.65. The Hall–Kier alpha value is -3.04. The fourth-order valence-electron chi connectivity index (χ4n) is 6.88. The summed E-state index contributed by atoms with van der Waals surface area (Å²) in [6.45, 7) is 15.8. The van der Waals surface area contributed by atoms with Crippen LogP contribution in [0.4, 0.5) is 9.59 Å². The van der Waals surface area contributed by atoms with Crippen LogP contribution in [0.1, 0.15) is 66.2 Å². The molecule has 6 unspecified atom stereocenters. The maximum atomic E-state index is 12.2. The Morgan fingerprint density at radius 1 is 0.725 bits per heavy atom. The van der Waals surface area contributed by atoms with Gasteiger partial charge in [-0.2, -0.15) is 0 Å². The van der Waals surface area contributed by atoms with Crippen LogP contribution in [0.3, 0.4) is 0 Å². The van der Waals surface area contributed by atoms with Gasteiger partial charge in [0.05, 0.1) is 26.3 Å². The number of hydrogen-bond donors (Lipinski definition) is 2. The molecule has 0 aromatic rings. The summed E-state index contributed by atoms with van der Waals surface area (Å²) >= 11 is 0. The predicted molar refractivity (Wildman–Crippen MR) is 148 cm³/mol. The lowest BCUT2D eigenvalue weighted by Crippen LogP contribution is -2.38. The molecule has 0 aliphatic heterocycles. The van der Waals surface area contributed by atoms with E-state index in [4.69, 9.17) is 18.9 Å². The molecule has 3 saturated carbocycles. The van der Waals surface area contributed by atoms with Crippen LogP contribution < -0.4 is 10.6 Å². The highest BCUT2D eigenvalue weighted by Gasteiger charge is 2.55. The zero-order chi connectivity index (χ0) is 29.5. The summed E-state index contributed by atoms with van der Waals surface area (Å²) < 4.78 is 21.1. The maximum Gasteiger partial charge on any atom is 0.407 e. The van der Waals surface area contributed by atoms with E-state index < -0.39 is 24.1 Å². The number of alkyl carbamates (subject to hydrolysis) is 2. The first-order valence-corrected chi connectivity index (χ1v) is 14.3. The molecule has 2 N–H and O–H groups in total. The third-order valence-electron chi connectivity index (χ3n) is 8.70. The maximum absolute atomic E-state index is 12.2. The molecule has 2 amide bonds. The third-order valence-corrected chi connectivity index (χ3v) is 8.70. The summed E-state index contributed by atoms with van der Waals surface area (Å²) in [6.07, 6.45) is 5.40. The summed E-state index contributed by atoms with van der Waals surface area (Å²) in [5.41, 5.74) is 0.478. The first kappa shape index (κ1) is 31.5. The monoisotopic (exact) mass is 562 g/mol. The van der Waals surface area contributed by atoms with Crippen molar-refractivity contribution in [2.24, 2.45) is 34.5 Å². The largest absolute Gasteiger partial charge is 0.460 e. The standard InChI is InChI=1S/C30H46N2O8/c1-19(2)25(33)37-11-9-31-27(35)39-17-29(5)8-7-23-21-13-22(24(23)16-29)15-30(6,14-21)18-40-28(36)32-10-12-38-26(34)20(3)4/h21-24H,1,3,7-18H2,2,4-6H3,(H,31,35)(H,32,36). The van der Waals surface area contributed by atoms with Crippen molar-refractivity contribution in [3.8, 4) is 0 Å². The molecule has 3 fully saturated rings. The highest BCUT2D eigenvalue weighted by molar-refractivity contribution is 5.87. The molecular formula is C30H46N2O8. The predicted octanol–water partition coefficient (Wildman–Crippen LogP) is 4.54. The topological polar surface area (TPSA) is 129 Å². The van der Waals surface area contributed by atoms with Gasteiger partial charge in [-0.25, -0.2) is 19.2 Å². The lowest BCUT2D eigenvalue weighted by Gasteiger charge is -2.41. The van der Waals surface area contributed by atoms with Crippen LogP contribution in [-0.2, 0) is 28.5 Å². The summed E-state index contributed by atoms with van der Waals surface area (Å²) in [5.74, 6) is 1.47. The highest BCUT2D eigenvalue weighted by atomic mass is 16.6. The summed E-state index contributed by atoms with van der Waals surface area (Å²) in [6, 6.07) is 0. The van der Waals surface area contributed by atoms with Gasteiger partial charge >= 0.3 is 24.1 Å². The Kier molecular flexibility index (Phi) is 10.7. The zero-order valence-corrected chi connectivity index (χ0v) is 24.5. The molecule has 6 atom stereocenters. The molecule has 3 aliphatic carbocycles. The van der Waals surface area contributed by atoms with Crippen LogP contribution in [0.5, 0.6) is 0 Å². The Morgan fingerprint density at radius 2 is 1.20 bits per heavy atom. The molecule has 3 rings (SSSR count). The Labute approximate surface area is 237 Å². The van der Waals surface area contributed by atoms with Crippen molar-refractivity contribution in [1.29, 1.82) is 0 Å². The second-order valence-corrected chi connectivity index (χ2v) is 12.7. The average molecular weight is 563 g/mol. The van der Waals surface area contributed by atoms with Crippen LogP contribution in [0.25, 0.3) is 0 Å². The fraction of sp³-hybridized carbons (Fsp3) is 0.733. The second kappa shape index (κ2) is 13.5. The number of amides is 2. The molecule has 0 aromatic carbocycles. The molecular weight excluding hydrogens is 516 g/mol. The van der Waals surface area contributed by atoms with Crippen molar-refractivity contribution < 1.29 is 38.1 Å². The molecule has 2 bridgehead atoms. The SMILES string of the molecule is C=C(C)C(=O)OCCNC(=O)OCC1(C)CC2CC(C1)C1CC(C)(COC(=O)NCCOC(=O)C(=C)C)CCC21. The molecule has 224 valence electrons. The minimum atomic E-state index is -0.503. The number of nitrogens with one attached hydrogen (secondary N) is 2. The van der Waals surface area contributed by atoms with E-state index in [2.05, 4.69) is 37.6 Å². The molecule has 10 heteroatoms. The first-order valence-electron chi connectivity index (χ1n) is 14.3. The van der Waals surface area contributed by atoms with Gasteiger partial charge < -0.3 is 29.6 Å². The Bertz CT molecular complexity index is 996. The smallest absolute Gasteiger partial charge is 0.407 e. The number of ether oxygens (including phenoxy) is 4. The summed E-state index contributed by atoms with van der Waals surface area (Å²) in [4.78, 5) is 47.3. The second-order valence-electron chi connectivity index (χ2n) is 12.7. The fourth-order valence-corrected chi connectivity index (χ4v) is 6.88. The molecule has 0 saturated heterocycles. The number of rotatable bonds is 12. The Balaban J connectivity index is 1.40. The van der Waals surface area contributed by atoms with Crippen molar-refractivity contribution in [3.05, 3.63) is 24.3 Å². The van der Waals surface area contributed by atoms with Crippen LogP contribution in [0, 0.1) is 34.5 Å². The van der Waals surface area contributed by atoms with E-state index in [-0.39, 0.29) is 37.1 Å². The molecule has 0 aromatic heterocycles. The van der Waals surface area contributed by atoms with Crippen molar-refractivity contribution >= 4 is 24.1 Å². The van der Waals surface area contributed by atoms with Crippen LogP contribution >= 0.6 is 0 Å². The van der Waals surface area contributed by atoms with Gasteiger partial charge in [-0.3, -0.25) is 0 Å². The van der Waals surface area contributed by atoms with Crippen LogP contribution in [0.2, 0.25) is 0 Å². The van der Waals surface area contributed by atoms with E-state index in [1.165, 1.54) is 6.42 Å². The number of carbonyl (C=O) groups is 4. The average Bonchev–Trinajstić information content (AvgIpc) is 3.15. The molecule has 10 nitrogen and oxygen atoms in total. The van der Waals surface area contributed by atoms with Gasteiger partial charge in [-0.1, -0.05) is 27.0 Å². The quantitative estimate of drug-likeness (QED) is 0.154. The van der Waals surface area contributed by atoms with Crippen LogP contribution in [0.15, 0.2) is 24.3 Å². The molecule has 3 aliphatic rings. The van der Waals surface area contributed by atoms with E-state index >= 15 is 0 Å². The van der Waals surface area contributed by atoms with E-state index in [9.17, 15) is 19.2 Å². The number of esters is 2. The molecule has 0 spiro atoms. The molecule has 40 heavy (non-hydrogen) atoms. The third kappa shape index (κ3) is 8.73. The van der Waals surface area contributed by atoms with Crippen molar-refractivity contribution in [2.75, 3.05) is 39.5 Å². The van der Waals surface area contributed by atoms with Crippen molar-refractivity contribution in [2.45, 2.75) is 66.2 Å².